The summed E-state index contributed by atoms with van der Waals surface area (Å²) in [4.78, 5) is 2.41. The van der Waals surface area contributed by atoms with Crippen LogP contribution in [0.15, 0.2) is 48.5 Å². The molecule has 4 nitrogen and oxygen atoms in total. The first-order chi connectivity index (χ1) is 14.1. The summed E-state index contributed by atoms with van der Waals surface area (Å²) in [6, 6.07) is 14.0. The SMILES string of the molecule is CC.CC/C=C(\c1ccc(O)c(O)c1)N1CCC(c2cccc(CNC)c2)CC1. The van der Waals surface area contributed by atoms with Crippen LogP contribution in [0.25, 0.3) is 5.70 Å². The summed E-state index contributed by atoms with van der Waals surface area (Å²) in [6.45, 7) is 9.02. The maximum Gasteiger partial charge on any atom is 0.158 e. The monoisotopic (exact) mass is 396 g/mol. The molecule has 0 saturated carbocycles. The van der Waals surface area contributed by atoms with E-state index < -0.39 is 0 Å². The summed E-state index contributed by atoms with van der Waals surface area (Å²) < 4.78 is 0. The van der Waals surface area contributed by atoms with E-state index in [1.165, 1.54) is 11.1 Å². The number of piperidine rings is 1. The van der Waals surface area contributed by atoms with Gasteiger partial charge >= 0.3 is 0 Å². The number of likely N-dealkylation sites (tertiary alicyclic amines) is 1. The Morgan fingerprint density at radius 2 is 1.79 bits per heavy atom. The standard InChI is InChI=1S/C23H30N2O2.C2H6/c1-3-5-21(20-8-9-22(26)23(27)15-20)25-12-10-18(11-13-25)19-7-4-6-17(14-19)16-24-2;1-2/h4-9,14-15,18,24,26-27H,3,10-13,16H2,1-2H3;1-2H3/b21-5+;. The van der Waals surface area contributed by atoms with E-state index in [4.69, 9.17) is 0 Å². The number of benzene rings is 2. The Morgan fingerprint density at radius 1 is 1.07 bits per heavy atom. The number of aromatic hydroxyl groups is 2. The first-order valence-corrected chi connectivity index (χ1v) is 10.8. The highest BCUT2D eigenvalue weighted by molar-refractivity contribution is 5.66. The number of nitrogens with zero attached hydrogens (tertiary/aromatic N) is 1. The van der Waals surface area contributed by atoms with E-state index in [1.807, 2.05) is 27.0 Å². The van der Waals surface area contributed by atoms with Crippen LogP contribution in [0.2, 0.25) is 0 Å². The number of phenols is 2. The molecule has 0 bridgehead atoms. The van der Waals surface area contributed by atoms with Crippen molar-refractivity contribution in [3.63, 3.8) is 0 Å². The average Bonchev–Trinajstić information content (AvgIpc) is 2.76. The summed E-state index contributed by atoms with van der Waals surface area (Å²) in [5.74, 6) is 0.453. The van der Waals surface area contributed by atoms with Crippen LogP contribution in [-0.4, -0.2) is 35.3 Å². The molecule has 0 radical (unpaired) electrons. The lowest BCUT2D eigenvalue weighted by atomic mass is 9.88. The van der Waals surface area contributed by atoms with Crippen molar-refractivity contribution in [3.8, 4) is 11.5 Å². The van der Waals surface area contributed by atoms with Crippen molar-refractivity contribution >= 4 is 5.70 Å². The molecule has 0 aliphatic carbocycles. The molecule has 2 aromatic rings. The summed E-state index contributed by atoms with van der Waals surface area (Å²) in [5.41, 5.74) is 4.88. The van der Waals surface area contributed by atoms with Crippen molar-refractivity contribution in [1.29, 1.82) is 0 Å². The lowest BCUT2D eigenvalue weighted by molar-refractivity contribution is 0.298. The summed E-state index contributed by atoms with van der Waals surface area (Å²) in [6.07, 6.45) is 5.38. The fourth-order valence-corrected chi connectivity index (χ4v) is 3.92. The van der Waals surface area contributed by atoms with E-state index in [0.29, 0.717) is 5.92 Å². The van der Waals surface area contributed by atoms with Crippen LogP contribution in [0, 0.1) is 0 Å². The van der Waals surface area contributed by atoms with Crippen molar-refractivity contribution in [1.82, 2.24) is 10.2 Å². The molecule has 0 amide bonds. The van der Waals surface area contributed by atoms with Gasteiger partial charge in [0.25, 0.3) is 0 Å². The third kappa shape index (κ3) is 6.01. The molecule has 4 heteroatoms. The van der Waals surface area contributed by atoms with Crippen molar-refractivity contribution in [2.24, 2.45) is 0 Å². The largest absolute Gasteiger partial charge is 0.504 e. The van der Waals surface area contributed by atoms with Gasteiger partial charge in [0.1, 0.15) is 0 Å². The van der Waals surface area contributed by atoms with Crippen LogP contribution in [0.1, 0.15) is 62.6 Å². The lowest BCUT2D eigenvalue weighted by Gasteiger charge is -2.36. The molecule has 1 aliphatic heterocycles. The topological polar surface area (TPSA) is 55.7 Å². The first kappa shape index (κ1) is 22.8. The van der Waals surface area contributed by atoms with Gasteiger partial charge in [-0.2, -0.15) is 0 Å². The Hall–Kier alpha value is -2.46. The van der Waals surface area contributed by atoms with E-state index in [9.17, 15) is 10.2 Å². The van der Waals surface area contributed by atoms with Crippen LogP contribution in [0.3, 0.4) is 0 Å². The number of nitrogens with one attached hydrogen (secondary N) is 1. The van der Waals surface area contributed by atoms with E-state index in [0.717, 1.165) is 50.2 Å². The molecule has 29 heavy (non-hydrogen) atoms. The summed E-state index contributed by atoms with van der Waals surface area (Å²) >= 11 is 0. The molecule has 0 aromatic heterocycles. The minimum absolute atomic E-state index is 0.0641. The van der Waals surface area contributed by atoms with Gasteiger partial charge in [-0.3, -0.25) is 0 Å². The van der Waals surface area contributed by atoms with E-state index >= 15 is 0 Å². The number of rotatable bonds is 6. The van der Waals surface area contributed by atoms with Gasteiger partial charge in [-0.15, -0.1) is 0 Å². The van der Waals surface area contributed by atoms with Gasteiger partial charge in [-0.1, -0.05) is 51.1 Å². The number of hydrogen-bond donors (Lipinski definition) is 3. The molecule has 0 unspecified atom stereocenters. The van der Waals surface area contributed by atoms with Crippen LogP contribution < -0.4 is 5.32 Å². The zero-order chi connectivity index (χ0) is 21.2. The Morgan fingerprint density at radius 3 is 2.41 bits per heavy atom. The van der Waals surface area contributed by atoms with Gasteiger partial charge in [0.2, 0.25) is 0 Å². The van der Waals surface area contributed by atoms with Gasteiger partial charge in [0, 0.05) is 30.9 Å². The lowest BCUT2D eigenvalue weighted by Crippen LogP contribution is -2.31. The predicted octanol–water partition coefficient (Wildman–Crippen LogP) is 5.47. The van der Waals surface area contributed by atoms with Gasteiger partial charge in [-0.05, 0) is 61.6 Å². The third-order valence-corrected chi connectivity index (χ3v) is 5.31. The Kier molecular flexibility index (Phi) is 9.07. The zero-order valence-electron chi connectivity index (χ0n) is 18.3. The van der Waals surface area contributed by atoms with Crippen molar-refractivity contribution < 1.29 is 10.2 Å². The van der Waals surface area contributed by atoms with Crippen molar-refractivity contribution in [2.45, 2.75) is 52.5 Å². The number of phenolic OH excluding ortho intramolecular Hbond substituents is 2. The van der Waals surface area contributed by atoms with Crippen molar-refractivity contribution in [2.75, 3.05) is 20.1 Å². The second-order valence-electron chi connectivity index (χ2n) is 7.24. The second kappa shape index (κ2) is 11.5. The average molecular weight is 397 g/mol. The molecule has 1 fully saturated rings. The quantitative estimate of drug-likeness (QED) is 0.567. The zero-order valence-corrected chi connectivity index (χ0v) is 18.3. The van der Waals surface area contributed by atoms with Crippen molar-refractivity contribution in [3.05, 3.63) is 65.2 Å². The molecule has 1 saturated heterocycles. The predicted molar refractivity (Wildman–Crippen MR) is 122 cm³/mol. The molecule has 0 spiro atoms. The Bertz CT molecular complexity index is 793. The van der Waals surface area contributed by atoms with Gasteiger partial charge < -0.3 is 20.4 Å². The molecule has 1 aliphatic rings. The molecular weight excluding hydrogens is 360 g/mol. The molecule has 3 rings (SSSR count). The molecule has 1 heterocycles. The highest BCUT2D eigenvalue weighted by atomic mass is 16.3. The molecule has 2 aromatic carbocycles. The normalized spacial score (nSPS) is 15.0. The molecular formula is C25H36N2O2. The van der Waals surface area contributed by atoms with Gasteiger partial charge in [0.05, 0.1) is 0 Å². The van der Waals surface area contributed by atoms with Gasteiger partial charge in [0.15, 0.2) is 11.5 Å². The number of hydrogen-bond acceptors (Lipinski definition) is 4. The maximum atomic E-state index is 9.88. The highest BCUT2D eigenvalue weighted by Crippen LogP contribution is 2.34. The smallest absolute Gasteiger partial charge is 0.158 e. The van der Waals surface area contributed by atoms with Gasteiger partial charge in [-0.25, -0.2) is 0 Å². The summed E-state index contributed by atoms with van der Waals surface area (Å²) in [7, 11) is 1.98. The molecule has 3 N–H and O–H groups in total. The van der Waals surface area contributed by atoms with Crippen LogP contribution in [0.5, 0.6) is 11.5 Å². The highest BCUT2D eigenvalue weighted by Gasteiger charge is 2.23. The van der Waals surface area contributed by atoms with Crippen LogP contribution >= 0.6 is 0 Å². The molecule has 0 atom stereocenters. The third-order valence-electron chi connectivity index (χ3n) is 5.31. The minimum Gasteiger partial charge on any atom is -0.504 e. The second-order valence-corrected chi connectivity index (χ2v) is 7.24. The Labute approximate surface area is 175 Å². The van der Waals surface area contributed by atoms with Crippen LogP contribution in [-0.2, 0) is 6.54 Å². The minimum atomic E-state index is -0.0743. The fourth-order valence-electron chi connectivity index (χ4n) is 3.92. The van der Waals surface area contributed by atoms with E-state index in [2.05, 4.69) is 47.5 Å². The number of allylic oxidation sites excluding steroid dienone is 1. The van der Waals surface area contributed by atoms with E-state index in [-0.39, 0.29) is 11.5 Å². The maximum absolute atomic E-state index is 9.88. The first-order valence-electron chi connectivity index (χ1n) is 10.8. The van der Waals surface area contributed by atoms with E-state index in [1.54, 1.807) is 12.1 Å². The van der Waals surface area contributed by atoms with Crippen LogP contribution in [0.4, 0.5) is 0 Å². The Balaban J connectivity index is 0.00000145. The fraction of sp³-hybridized carbons (Fsp3) is 0.440. The summed E-state index contributed by atoms with van der Waals surface area (Å²) in [5, 5.41) is 22.7. The molecule has 158 valence electrons.